The van der Waals surface area contributed by atoms with Crippen LogP contribution < -0.4 is 14.8 Å². The Morgan fingerprint density at radius 3 is 2.54 bits per heavy atom. The molecular weight excluding hydrogens is 531 g/mol. The Morgan fingerprint density at radius 2 is 1.89 bits per heavy atom. The normalized spacial score (nSPS) is 18.6. The van der Waals surface area contributed by atoms with Gasteiger partial charge < -0.3 is 10.1 Å². The molecule has 3 aromatic rings. The molecule has 0 spiro atoms. The van der Waals surface area contributed by atoms with Gasteiger partial charge in [0.05, 0.1) is 15.5 Å². The van der Waals surface area contributed by atoms with Gasteiger partial charge in [-0.25, -0.2) is 17.2 Å². The maximum Gasteiger partial charge on any atom is 0.419 e. The number of hydrogen-bond acceptors (Lipinski definition) is 6. The molecule has 1 atom stereocenters. The predicted octanol–water partition coefficient (Wildman–Crippen LogP) is 6.13. The van der Waals surface area contributed by atoms with Crippen LogP contribution in [0.1, 0.15) is 18.9 Å². The molecule has 5 nitrogen and oxygen atoms in total. The van der Waals surface area contributed by atoms with E-state index < -0.39 is 44.7 Å². The first-order valence-electron chi connectivity index (χ1n) is 10.2. The summed E-state index contributed by atoms with van der Waals surface area (Å²) in [5.74, 6) is -1.99. The molecule has 0 saturated carbocycles. The lowest BCUT2D eigenvalue weighted by atomic mass is 10.1. The molecule has 0 aliphatic carbocycles. The van der Waals surface area contributed by atoms with E-state index in [9.17, 15) is 30.4 Å². The van der Waals surface area contributed by atoms with E-state index in [2.05, 4.69) is 10.0 Å². The second-order valence-corrected chi connectivity index (χ2v) is 12.4. The number of halogens is 5. The highest BCUT2D eigenvalue weighted by molar-refractivity contribution is 8.02. The number of alkyl halides is 3. The molecule has 13 heteroatoms. The van der Waals surface area contributed by atoms with Gasteiger partial charge >= 0.3 is 6.18 Å². The fourth-order valence-electron chi connectivity index (χ4n) is 3.43. The van der Waals surface area contributed by atoms with Crippen molar-refractivity contribution in [2.24, 2.45) is 0 Å². The number of rotatable bonds is 7. The maximum absolute atomic E-state index is 13.9. The van der Waals surface area contributed by atoms with Crippen LogP contribution in [0.4, 0.5) is 27.6 Å². The SMILES string of the molecule is C[C@@]1(Oc2cc(NS(=O)(=O)c3ccc(Sc4ccc(F)cc4F)s3)ccc2C(F)(F)F)CCNC1. The van der Waals surface area contributed by atoms with Crippen LogP contribution in [0, 0.1) is 11.6 Å². The second-order valence-electron chi connectivity index (χ2n) is 8.04. The van der Waals surface area contributed by atoms with E-state index in [0.717, 1.165) is 53.4 Å². The molecule has 35 heavy (non-hydrogen) atoms. The largest absolute Gasteiger partial charge is 0.485 e. The summed E-state index contributed by atoms with van der Waals surface area (Å²) >= 11 is 1.76. The van der Waals surface area contributed by atoms with Gasteiger partial charge in [-0.15, -0.1) is 11.3 Å². The predicted molar refractivity (Wildman–Crippen MR) is 124 cm³/mol. The highest BCUT2D eigenvalue weighted by Crippen LogP contribution is 2.41. The van der Waals surface area contributed by atoms with Crippen molar-refractivity contribution < 1.29 is 35.1 Å². The molecule has 1 aliphatic rings. The van der Waals surface area contributed by atoms with Crippen LogP contribution in [-0.2, 0) is 16.2 Å². The molecule has 1 aromatic heterocycles. The monoisotopic (exact) mass is 550 g/mol. The molecule has 2 N–H and O–H groups in total. The van der Waals surface area contributed by atoms with Crippen molar-refractivity contribution in [1.29, 1.82) is 0 Å². The third-order valence-corrected chi connectivity index (χ3v) is 9.29. The van der Waals surface area contributed by atoms with Crippen LogP contribution in [0.2, 0.25) is 0 Å². The summed E-state index contributed by atoms with van der Waals surface area (Å²) in [6.45, 7) is 2.62. The van der Waals surface area contributed by atoms with Crippen LogP contribution in [0.25, 0.3) is 0 Å². The van der Waals surface area contributed by atoms with Gasteiger partial charge in [-0.2, -0.15) is 13.2 Å². The Bertz CT molecular complexity index is 1340. The molecule has 1 saturated heterocycles. The van der Waals surface area contributed by atoms with Crippen molar-refractivity contribution >= 4 is 38.8 Å². The third-order valence-electron chi connectivity index (χ3n) is 5.15. The first kappa shape index (κ1) is 25.7. The minimum absolute atomic E-state index is 0.102. The zero-order chi connectivity index (χ0) is 25.4. The van der Waals surface area contributed by atoms with E-state index >= 15 is 0 Å². The van der Waals surface area contributed by atoms with Gasteiger partial charge in [0.25, 0.3) is 10.0 Å². The second kappa shape index (κ2) is 9.60. The van der Waals surface area contributed by atoms with Crippen LogP contribution >= 0.6 is 23.1 Å². The zero-order valence-corrected chi connectivity index (χ0v) is 20.5. The quantitative estimate of drug-likeness (QED) is 0.347. The molecule has 2 aromatic carbocycles. The van der Waals surface area contributed by atoms with Gasteiger partial charge in [-0.1, -0.05) is 11.8 Å². The summed E-state index contributed by atoms with van der Waals surface area (Å²) in [5.41, 5.74) is -1.98. The van der Waals surface area contributed by atoms with E-state index in [-0.39, 0.29) is 14.8 Å². The zero-order valence-electron chi connectivity index (χ0n) is 18.1. The minimum atomic E-state index is -4.69. The topological polar surface area (TPSA) is 67.4 Å². The maximum atomic E-state index is 13.9. The third kappa shape index (κ3) is 6.08. The number of anilines is 1. The first-order valence-corrected chi connectivity index (χ1v) is 13.3. The molecule has 0 radical (unpaired) electrons. The fraction of sp³-hybridized carbons (Fsp3) is 0.273. The molecular formula is C22H19F5N2O3S3. The lowest BCUT2D eigenvalue weighted by Gasteiger charge is -2.27. The Kier molecular flexibility index (Phi) is 7.06. The van der Waals surface area contributed by atoms with Crippen LogP contribution in [-0.4, -0.2) is 27.1 Å². The van der Waals surface area contributed by atoms with E-state index in [1.54, 1.807) is 6.92 Å². The van der Waals surface area contributed by atoms with Crippen molar-refractivity contribution in [2.75, 3.05) is 17.8 Å². The van der Waals surface area contributed by atoms with Crippen molar-refractivity contribution in [3.63, 3.8) is 0 Å². The molecule has 1 aliphatic heterocycles. The number of hydrogen-bond donors (Lipinski definition) is 2. The van der Waals surface area contributed by atoms with Crippen LogP contribution in [0.5, 0.6) is 5.75 Å². The van der Waals surface area contributed by atoms with Gasteiger partial charge in [0, 0.05) is 30.0 Å². The van der Waals surface area contributed by atoms with Gasteiger partial charge in [0.2, 0.25) is 0 Å². The highest BCUT2D eigenvalue weighted by Gasteiger charge is 2.38. The van der Waals surface area contributed by atoms with Crippen LogP contribution in [0.15, 0.2) is 61.8 Å². The Morgan fingerprint density at radius 1 is 1.11 bits per heavy atom. The van der Waals surface area contributed by atoms with Gasteiger partial charge in [-0.05, 0) is 49.9 Å². The molecule has 1 fully saturated rings. The van der Waals surface area contributed by atoms with Crippen molar-refractivity contribution in [1.82, 2.24) is 5.32 Å². The summed E-state index contributed by atoms with van der Waals surface area (Å²) in [7, 11) is -4.16. The minimum Gasteiger partial charge on any atom is -0.485 e. The number of ether oxygens (including phenoxy) is 1. The lowest BCUT2D eigenvalue weighted by molar-refractivity contribution is -0.139. The van der Waals surface area contributed by atoms with Crippen molar-refractivity contribution in [2.45, 2.75) is 38.4 Å². The molecule has 0 amide bonds. The summed E-state index contributed by atoms with van der Waals surface area (Å²) in [6.07, 6.45) is -4.20. The van der Waals surface area contributed by atoms with E-state index in [4.69, 9.17) is 4.74 Å². The van der Waals surface area contributed by atoms with Gasteiger partial charge in [0.15, 0.2) is 0 Å². The summed E-state index contributed by atoms with van der Waals surface area (Å²) in [4.78, 5) is 0.115. The molecule has 4 rings (SSSR count). The molecule has 0 unspecified atom stereocenters. The smallest absolute Gasteiger partial charge is 0.419 e. The number of benzene rings is 2. The molecule has 2 heterocycles. The molecule has 0 bridgehead atoms. The molecule has 188 valence electrons. The Balaban J connectivity index is 1.57. The van der Waals surface area contributed by atoms with Gasteiger partial charge in [-0.3, -0.25) is 4.72 Å². The van der Waals surface area contributed by atoms with Crippen molar-refractivity contribution in [3.05, 3.63) is 65.7 Å². The van der Waals surface area contributed by atoms with E-state index in [1.165, 1.54) is 18.2 Å². The standard InChI is InChI=1S/C22H19F5N2O3S3/c1-21(8-9-28-12-21)32-17-11-14(3-4-15(17)22(25,26)27)29-35(30,31)20-7-6-19(34-20)33-18-5-2-13(23)10-16(18)24/h2-7,10-11,28-29H,8-9,12H2,1H3/t21-/m1/s1. The summed E-state index contributed by atoms with van der Waals surface area (Å²) in [6, 6.07) is 8.61. The fourth-order valence-corrected chi connectivity index (χ4v) is 7.02. The highest BCUT2D eigenvalue weighted by atomic mass is 32.3. The van der Waals surface area contributed by atoms with E-state index in [1.807, 2.05) is 0 Å². The summed E-state index contributed by atoms with van der Waals surface area (Å²) < 4.78 is 102. The van der Waals surface area contributed by atoms with Gasteiger partial charge in [0.1, 0.15) is 27.2 Å². The van der Waals surface area contributed by atoms with Crippen molar-refractivity contribution in [3.8, 4) is 5.75 Å². The first-order chi connectivity index (χ1) is 16.3. The summed E-state index contributed by atoms with van der Waals surface area (Å²) in [5, 5.41) is 3.03. The number of thiophene rings is 1. The Hall–Kier alpha value is -2.35. The average Bonchev–Trinajstić information content (AvgIpc) is 3.39. The Labute approximate surface area is 206 Å². The average molecular weight is 551 g/mol. The number of nitrogens with one attached hydrogen (secondary N) is 2. The van der Waals surface area contributed by atoms with E-state index in [0.29, 0.717) is 23.7 Å². The lowest BCUT2D eigenvalue weighted by Crippen LogP contribution is -2.35. The number of sulfonamides is 1. The van der Waals surface area contributed by atoms with Crippen LogP contribution in [0.3, 0.4) is 0 Å².